The first-order valence-electron chi connectivity index (χ1n) is 6.85. The fourth-order valence-electron chi connectivity index (χ4n) is 1.86. The molecule has 3 rings (SSSR count). The molecule has 0 amide bonds. The van der Waals surface area contributed by atoms with Gasteiger partial charge in [0.1, 0.15) is 12.4 Å². The Hall–Kier alpha value is -2.21. The van der Waals surface area contributed by atoms with Gasteiger partial charge in [0.15, 0.2) is 5.82 Å². The van der Waals surface area contributed by atoms with Gasteiger partial charge >= 0.3 is 0 Å². The highest BCUT2D eigenvalue weighted by atomic mass is 19.1. The lowest BCUT2D eigenvalue weighted by molar-refractivity contribution is 0.347. The van der Waals surface area contributed by atoms with Gasteiger partial charge < -0.3 is 15.0 Å². The lowest BCUT2D eigenvalue weighted by Crippen LogP contribution is -2.10. The van der Waals surface area contributed by atoms with E-state index < -0.39 is 0 Å². The molecule has 1 aliphatic carbocycles. The van der Waals surface area contributed by atoms with Crippen LogP contribution < -0.4 is 10.5 Å². The quantitative estimate of drug-likeness (QED) is 0.885. The molecule has 1 aromatic heterocycles. The summed E-state index contributed by atoms with van der Waals surface area (Å²) in [4.78, 5) is 4.38. The lowest BCUT2D eigenvalue weighted by atomic mass is 10.2. The van der Waals surface area contributed by atoms with Crippen LogP contribution in [0.15, 0.2) is 40.7 Å². The molecule has 0 saturated heterocycles. The van der Waals surface area contributed by atoms with E-state index in [9.17, 15) is 4.39 Å². The maximum absolute atomic E-state index is 12.4. The zero-order valence-electron chi connectivity index (χ0n) is 11.5. The molecule has 1 aromatic carbocycles. The van der Waals surface area contributed by atoms with Crippen LogP contribution in [0.25, 0.3) is 11.5 Å². The number of rotatable bonds is 6. The molecular formula is C15H16FN3O2. The van der Waals surface area contributed by atoms with Gasteiger partial charge in [-0.15, -0.1) is 0 Å². The average molecular weight is 289 g/mol. The largest absolute Gasteiger partial charge is 0.489 e. The molecule has 1 fully saturated rings. The molecule has 1 saturated carbocycles. The highest BCUT2D eigenvalue weighted by Crippen LogP contribution is 2.38. The Labute approximate surface area is 121 Å². The Bertz CT molecular complexity index is 633. The summed E-state index contributed by atoms with van der Waals surface area (Å²) in [7, 11) is 0. The van der Waals surface area contributed by atoms with Gasteiger partial charge in [-0.2, -0.15) is 4.98 Å². The minimum absolute atomic E-state index is 0.138. The zero-order valence-corrected chi connectivity index (χ0v) is 11.5. The molecule has 0 unspecified atom stereocenters. The van der Waals surface area contributed by atoms with E-state index in [4.69, 9.17) is 15.0 Å². The van der Waals surface area contributed by atoms with Crippen LogP contribution in [0.5, 0.6) is 5.75 Å². The number of ether oxygens (including phenoxy) is 1. The minimum Gasteiger partial charge on any atom is -0.489 e. The van der Waals surface area contributed by atoms with E-state index >= 15 is 0 Å². The molecule has 1 heterocycles. The third-order valence-electron chi connectivity index (χ3n) is 3.33. The highest BCUT2D eigenvalue weighted by Gasteiger charge is 2.28. The summed E-state index contributed by atoms with van der Waals surface area (Å²) in [6, 6.07) is 7.23. The first kappa shape index (κ1) is 13.8. The topological polar surface area (TPSA) is 74.2 Å². The fraction of sp³-hybridized carbons (Fsp3) is 0.333. The summed E-state index contributed by atoms with van der Waals surface area (Å²) in [5.41, 5.74) is 6.61. The first-order valence-corrected chi connectivity index (χ1v) is 6.85. The van der Waals surface area contributed by atoms with E-state index in [1.807, 2.05) is 12.1 Å². The van der Waals surface area contributed by atoms with Crippen LogP contribution in [0.4, 0.5) is 4.39 Å². The maximum atomic E-state index is 12.4. The second-order valence-electron chi connectivity index (χ2n) is 5.02. The molecule has 0 atom stereocenters. The van der Waals surface area contributed by atoms with Gasteiger partial charge in [0.05, 0.1) is 6.33 Å². The number of aromatic nitrogens is 2. The van der Waals surface area contributed by atoms with Crippen LogP contribution in [-0.2, 0) is 0 Å². The molecule has 1 aliphatic rings. The van der Waals surface area contributed by atoms with Gasteiger partial charge in [-0.3, -0.25) is 0 Å². The normalized spacial score (nSPS) is 15.2. The van der Waals surface area contributed by atoms with Crippen LogP contribution in [0, 0.1) is 0 Å². The maximum Gasteiger partial charge on any atom is 0.257 e. The van der Waals surface area contributed by atoms with Crippen LogP contribution in [0.2, 0.25) is 0 Å². The van der Waals surface area contributed by atoms with Crippen molar-refractivity contribution in [1.29, 1.82) is 0 Å². The number of nitrogens with two attached hydrogens (primary N) is 1. The Morgan fingerprint density at radius 3 is 2.76 bits per heavy atom. The Morgan fingerprint density at radius 2 is 2.14 bits per heavy atom. The van der Waals surface area contributed by atoms with E-state index in [0.29, 0.717) is 29.5 Å². The van der Waals surface area contributed by atoms with Crippen molar-refractivity contribution in [2.45, 2.75) is 18.8 Å². The van der Waals surface area contributed by atoms with Gasteiger partial charge in [-0.1, -0.05) is 5.16 Å². The average Bonchev–Trinajstić information content (AvgIpc) is 3.26. The molecular weight excluding hydrogens is 273 g/mol. The highest BCUT2D eigenvalue weighted by molar-refractivity contribution is 5.54. The number of hydrogen-bond acceptors (Lipinski definition) is 5. The summed E-state index contributed by atoms with van der Waals surface area (Å²) in [6.45, 7) is 0.277. The summed E-state index contributed by atoms with van der Waals surface area (Å²) in [5.74, 6) is 2.39. The van der Waals surface area contributed by atoms with Crippen molar-refractivity contribution in [2.75, 3.05) is 13.2 Å². The molecule has 0 bridgehead atoms. The Kier molecular flexibility index (Phi) is 3.96. The van der Waals surface area contributed by atoms with Gasteiger partial charge in [0, 0.05) is 23.6 Å². The van der Waals surface area contributed by atoms with Gasteiger partial charge in [-0.25, -0.2) is 4.39 Å². The summed E-state index contributed by atoms with van der Waals surface area (Å²) in [6.07, 6.45) is 2.75. The van der Waals surface area contributed by atoms with E-state index in [2.05, 4.69) is 10.1 Å². The third kappa shape index (κ3) is 3.28. The van der Waals surface area contributed by atoms with E-state index in [0.717, 1.165) is 24.2 Å². The van der Waals surface area contributed by atoms with Crippen LogP contribution >= 0.6 is 0 Å². The molecule has 2 N–H and O–H groups in total. The second-order valence-corrected chi connectivity index (χ2v) is 5.02. The monoisotopic (exact) mass is 289 g/mol. The molecule has 0 aliphatic heterocycles. The number of halogens is 1. The van der Waals surface area contributed by atoms with Crippen LogP contribution in [0.3, 0.4) is 0 Å². The predicted molar refractivity (Wildman–Crippen MR) is 75.4 cm³/mol. The number of nitrogens with zero attached hydrogens (tertiary/aromatic N) is 2. The number of hydrogen-bond donors (Lipinski definition) is 1. The molecule has 2 aromatic rings. The van der Waals surface area contributed by atoms with Crippen LogP contribution in [-0.4, -0.2) is 23.3 Å². The molecule has 110 valence electrons. The van der Waals surface area contributed by atoms with Crippen molar-refractivity contribution in [3.05, 3.63) is 42.0 Å². The van der Waals surface area contributed by atoms with Crippen molar-refractivity contribution < 1.29 is 13.7 Å². The minimum atomic E-state index is 0.138. The second kappa shape index (κ2) is 6.05. The van der Waals surface area contributed by atoms with Crippen molar-refractivity contribution in [1.82, 2.24) is 10.1 Å². The van der Waals surface area contributed by atoms with Gasteiger partial charge in [-0.05, 0) is 37.1 Å². The molecule has 0 spiro atoms. The van der Waals surface area contributed by atoms with Crippen molar-refractivity contribution >= 4 is 0 Å². The summed E-state index contributed by atoms with van der Waals surface area (Å²) in [5, 5.41) is 3.98. The molecule has 6 heteroatoms. The van der Waals surface area contributed by atoms with Crippen molar-refractivity contribution in [3.8, 4) is 17.2 Å². The van der Waals surface area contributed by atoms with Crippen LogP contribution in [0.1, 0.15) is 24.6 Å². The molecule has 5 nitrogen and oxygen atoms in total. The van der Waals surface area contributed by atoms with E-state index in [-0.39, 0.29) is 13.2 Å². The Balaban J connectivity index is 1.65. The fourth-order valence-corrected chi connectivity index (χ4v) is 1.86. The predicted octanol–water partition coefficient (Wildman–Crippen LogP) is 2.80. The lowest BCUT2D eigenvalue weighted by Gasteiger charge is -2.07. The number of benzene rings is 1. The van der Waals surface area contributed by atoms with Crippen molar-refractivity contribution in [2.24, 2.45) is 5.73 Å². The third-order valence-corrected chi connectivity index (χ3v) is 3.33. The summed E-state index contributed by atoms with van der Waals surface area (Å²) < 4.78 is 23.1. The van der Waals surface area contributed by atoms with Gasteiger partial charge in [0.25, 0.3) is 5.89 Å². The molecule has 21 heavy (non-hydrogen) atoms. The van der Waals surface area contributed by atoms with E-state index in [1.54, 1.807) is 12.1 Å². The first-order chi connectivity index (χ1) is 10.3. The summed E-state index contributed by atoms with van der Waals surface area (Å²) >= 11 is 0. The zero-order chi connectivity index (χ0) is 14.7. The smallest absolute Gasteiger partial charge is 0.257 e. The standard InChI is InChI=1S/C15H16FN3O2/c16-7-10(8-17)9-20-13-5-3-12(4-6-13)15-18-14(19-21-15)11-1-2-11/h3-7,11H,1-2,8-9,17H2/b10-7-. The Morgan fingerprint density at radius 1 is 1.38 bits per heavy atom. The van der Waals surface area contributed by atoms with Crippen molar-refractivity contribution in [3.63, 3.8) is 0 Å². The van der Waals surface area contributed by atoms with E-state index in [1.165, 1.54) is 0 Å². The molecule has 0 radical (unpaired) electrons. The SMILES string of the molecule is NC/C(=C/F)COc1ccc(-c2nc(C3CC3)no2)cc1. The van der Waals surface area contributed by atoms with Gasteiger partial charge in [0.2, 0.25) is 0 Å².